The molecule has 2 fully saturated rings. The van der Waals surface area contributed by atoms with Crippen molar-refractivity contribution in [1.82, 2.24) is 0 Å². The maximum atomic E-state index is 6.13. The molecule has 120 valence electrons. The van der Waals surface area contributed by atoms with Gasteiger partial charge in [-0.05, 0) is 38.5 Å². The third-order valence-electron chi connectivity index (χ3n) is 4.71. The van der Waals surface area contributed by atoms with Crippen LogP contribution in [0.2, 0.25) is 0 Å². The van der Waals surface area contributed by atoms with Gasteiger partial charge < -0.3 is 19.3 Å². The molecular weight excluding hydrogens is 264 g/mol. The molecule has 2 saturated heterocycles. The van der Waals surface area contributed by atoms with E-state index < -0.39 is 0 Å². The number of piperazine rings is 1. The summed E-state index contributed by atoms with van der Waals surface area (Å²) in [6.45, 7) is 11.0. The summed E-state index contributed by atoms with van der Waals surface area (Å²) in [4.78, 5) is 3.25. The molecule has 2 aliphatic heterocycles. The predicted octanol–water partition coefficient (Wildman–Crippen LogP) is -0.885. The topological polar surface area (TPSA) is 27.3 Å². The third kappa shape index (κ3) is 5.60. The van der Waals surface area contributed by atoms with E-state index in [-0.39, 0.29) is 11.9 Å². The van der Waals surface area contributed by atoms with Crippen LogP contribution in [-0.4, -0.2) is 58.3 Å². The van der Waals surface area contributed by atoms with Crippen molar-refractivity contribution in [2.75, 3.05) is 46.4 Å². The SMILES string of the molecule is CC[C@@](C)(C#CC[NH+]1CC[NH+](C)CC1)O[C@H]1CCCCO1. The highest BCUT2D eigenvalue weighted by atomic mass is 16.7. The molecule has 0 aromatic carbocycles. The molecule has 0 unspecified atom stereocenters. The van der Waals surface area contributed by atoms with Crippen LogP contribution in [-0.2, 0) is 9.47 Å². The minimum absolute atomic E-state index is 0.0578. The number of rotatable bonds is 4. The van der Waals surface area contributed by atoms with Crippen molar-refractivity contribution >= 4 is 0 Å². The highest BCUT2D eigenvalue weighted by Crippen LogP contribution is 2.22. The summed E-state index contributed by atoms with van der Waals surface area (Å²) < 4.78 is 11.8. The lowest BCUT2D eigenvalue weighted by molar-refractivity contribution is -1.000. The van der Waals surface area contributed by atoms with Gasteiger partial charge in [0.05, 0.1) is 7.05 Å². The van der Waals surface area contributed by atoms with E-state index >= 15 is 0 Å². The van der Waals surface area contributed by atoms with E-state index in [4.69, 9.17) is 9.47 Å². The molecule has 2 rings (SSSR count). The maximum Gasteiger partial charge on any atom is 0.159 e. The Kier molecular flexibility index (Phi) is 6.50. The standard InChI is InChI=1S/C17H30N2O2/c1-4-17(2,21-16-8-5-6-15-20-16)9-7-10-19-13-11-18(3)12-14-19/h16H,4-6,8,10-15H2,1-3H3/p+2/t16-,17-/m0/s1. The molecule has 2 aliphatic rings. The van der Waals surface area contributed by atoms with Crippen molar-refractivity contribution in [3.63, 3.8) is 0 Å². The van der Waals surface area contributed by atoms with Crippen LogP contribution in [0.4, 0.5) is 0 Å². The summed E-state index contributed by atoms with van der Waals surface area (Å²) in [5, 5.41) is 0. The predicted molar refractivity (Wildman–Crippen MR) is 83.3 cm³/mol. The van der Waals surface area contributed by atoms with Crippen molar-refractivity contribution in [2.45, 2.75) is 51.4 Å². The fourth-order valence-corrected chi connectivity index (χ4v) is 2.86. The third-order valence-corrected chi connectivity index (χ3v) is 4.71. The Morgan fingerprint density at radius 3 is 2.62 bits per heavy atom. The molecule has 4 nitrogen and oxygen atoms in total. The summed E-state index contributed by atoms with van der Waals surface area (Å²) in [6.07, 6.45) is 4.21. The first-order chi connectivity index (χ1) is 10.1. The maximum absolute atomic E-state index is 6.13. The van der Waals surface area contributed by atoms with Crippen molar-refractivity contribution in [2.24, 2.45) is 0 Å². The first kappa shape index (κ1) is 16.8. The molecule has 2 N–H and O–H groups in total. The Balaban J connectivity index is 1.81. The van der Waals surface area contributed by atoms with Gasteiger partial charge in [-0.2, -0.15) is 0 Å². The summed E-state index contributed by atoms with van der Waals surface area (Å²) >= 11 is 0. The van der Waals surface area contributed by atoms with Crippen molar-refractivity contribution < 1.29 is 19.3 Å². The Morgan fingerprint density at radius 1 is 1.24 bits per heavy atom. The Labute approximate surface area is 129 Å². The quantitative estimate of drug-likeness (QED) is 0.659. The van der Waals surface area contributed by atoms with Crippen LogP contribution in [0.1, 0.15) is 39.5 Å². The van der Waals surface area contributed by atoms with E-state index in [9.17, 15) is 0 Å². The fraction of sp³-hybridized carbons (Fsp3) is 0.882. The second-order valence-electron chi connectivity index (χ2n) is 6.68. The van der Waals surface area contributed by atoms with Crippen LogP contribution in [0.25, 0.3) is 0 Å². The number of hydrogen-bond donors (Lipinski definition) is 2. The van der Waals surface area contributed by atoms with Gasteiger partial charge in [0.15, 0.2) is 6.29 Å². The molecule has 0 radical (unpaired) electrons. The Hall–Kier alpha value is -0.600. The largest absolute Gasteiger partial charge is 0.353 e. The smallest absolute Gasteiger partial charge is 0.159 e. The number of quaternary nitrogens is 2. The van der Waals surface area contributed by atoms with Gasteiger partial charge in [-0.15, -0.1) is 0 Å². The van der Waals surface area contributed by atoms with Crippen LogP contribution < -0.4 is 9.80 Å². The van der Waals surface area contributed by atoms with Gasteiger partial charge in [0.25, 0.3) is 0 Å². The van der Waals surface area contributed by atoms with E-state index in [2.05, 4.69) is 32.7 Å². The molecule has 0 aromatic rings. The summed E-state index contributed by atoms with van der Waals surface area (Å²) in [6, 6.07) is 0. The van der Waals surface area contributed by atoms with Crippen molar-refractivity contribution in [3.8, 4) is 11.8 Å². The van der Waals surface area contributed by atoms with Crippen LogP contribution in [0.15, 0.2) is 0 Å². The van der Waals surface area contributed by atoms with E-state index in [1.54, 1.807) is 9.80 Å². The van der Waals surface area contributed by atoms with Crippen LogP contribution >= 0.6 is 0 Å². The first-order valence-electron chi connectivity index (χ1n) is 8.55. The molecular formula is C17H32N2O2+2. The van der Waals surface area contributed by atoms with Gasteiger partial charge in [0.1, 0.15) is 38.3 Å². The van der Waals surface area contributed by atoms with E-state index in [0.29, 0.717) is 0 Å². The molecule has 2 atom stereocenters. The summed E-state index contributed by atoms with van der Waals surface area (Å²) in [7, 11) is 2.27. The summed E-state index contributed by atoms with van der Waals surface area (Å²) in [5.74, 6) is 6.75. The number of hydrogen-bond acceptors (Lipinski definition) is 2. The average Bonchev–Trinajstić information content (AvgIpc) is 2.50. The molecule has 0 aliphatic carbocycles. The normalized spacial score (nSPS) is 32.8. The molecule has 0 amide bonds. The lowest BCUT2D eigenvalue weighted by Crippen LogP contribution is -3.26. The zero-order chi connectivity index (χ0) is 15.1. The van der Waals surface area contributed by atoms with Gasteiger partial charge in [0.2, 0.25) is 0 Å². The zero-order valence-electron chi connectivity index (χ0n) is 14.0. The number of ether oxygens (including phenoxy) is 2. The first-order valence-corrected chi connectivity index (χ1v) is 8.55. The molecule has 0 spiro atoms. The monoisotopic (exact) mass is 296 g/mol. The highest BCUT2D eigenvalue weighted by Gasteiger charge is 2.27. The Bertz CT molecular complexity index is 363. The molecule has 0 saturated carbocycles. The van der Waals surface area contributed by atoms with Gasteiger partial charge >= 0.3 is 0 Å². The number of nitrogens with one attached hydrogen (secondary N) is 2. The highest BCUT2D eigenvalue weighted by molar-refractivity contribution is 5.12. The van der Waals surface area contributed by atoms with Crippen molar-refractivity contribution in [1.29, 1.82) is 0 Å². The molecule has 2 heterocycles. The molecule has 4 heteroatoms. The van der Waals surface area contributed by atoms with Crippen molar-refractivity contribution in [3.05, 3.63) is 0 Å². The van der Waals surface area contributed by atoms with E-state index in [0.717, 1.165) is 32.4 Å². The second-order valence-corrected chi connectivity index (χ2v) is 6.68. The van der Waals surface area contributed by atoms with Gasteiger partial charge in [-0.3, -0.25) is 0 Å². The van der Waals surface area contributed by atoms with Crippen LogP contribution in [0, 0.1) is 11.8 Å². The summed E-state index contributed by atoms with van der Waals surface area (Å²) in [5.41, 5.74) is -0.362. The molecule has 0 aromatic heterocycles. The minimum atomic E-state index is -0.362. The fourth-order valence-electron chi connectivity index (χ4n) is 2.86. The lowest BCUT2D eigenvalue weighted by Gasteiger charge is -2.31. The molecule has 21 heavy (non-hydrogen) atoms. The van der Waals surface area contributed by atoms with Gasteiger partial charge in [-0.1, -0.05) is 12.8 Å². The lowest BCUT2D eigenvalue weighted by atomic mass is 10.0. The van der Waals surface area contributed by atoms with Crippen LogP contribution in [0.5, 0.6) is 0 Å². The van der Waals surface area contributed by atoms with E-state index in [1.165, 1.54) is 32.6 Å². The van der Waals surface area contributed by atoms with Crippen LogP contribution in [0.3, 0.4) is 0 Å². The number of likely N-dealkylation sites (N-methyl/N-ethyl adjacent to an activating group) is 1. The van der Waals surface area contributed by atoms with E-state index in [1.807, 2.05) is 0 Å². The molecule has 0 bridgehead atoms. The second kappa shape index (κ2) is 8.14. The van der Waals surface area contributed by atoms with Gasteiger partial charge in [0, 0.05) is 6.61 Å². The van der Waals surface area contributed by atoms with Gasteiger partial charge in [-0.25, -0.2) is 0 Å². The average molecular weight is 296 g/mol. The Morgan fingerprint density at radius 2 is 2.00 bits per heavy atom. The zero-order valence-corrected chi connectivity index (χ0v) is 14.0. The minimum Gasteiger partial charge on any atom is -0.353 e.